The van der Waals surface area contributed by atoms with Crippen LogP contribution in [-0.4, -0.2) is 48.4 Å². The molecule has 1 aromatic carbocycles. The number of rotatable bonds is 4. The SMILES string of the molecule is O=C(C=Cc1ccccc1F)N1CCN(CC2CCCCC2)CC1. The second-order valence-electron chi connectivity index (χ2n) is 6.98. The van der Waals surface area contributed by atoms with Gasteiger partial charge in [0.1, 0.15) is 5.82 Å². The van der Waals surface area contributed by atoms with Gasteiger partial charge in [-0.05, 0) is 30.9 Å². The summed E-state index contributed by atoms with van der Waals surface area (Å²) in [5.41, 5.74) is 0.460. The molecule has 1 heterocycles. The number of carbonyl (C=O) groups is 1. The highest BCUT2D eigenvalue weighted by Gasteiger charge is 2.22. The molecule has 130 valence electrons. The summed E-state index contributed by atoms with van der Waals surface area (Å²) < 4.78 is 13.6. The lowest BCUT2D eigenvalue weighted by Crippen LogP contribution is -2.49. The summed E-state index contributed by atoms with van der Waals surface area (Å²) in [6, 6.07) is 6.52. The molecule has 1 saturated heterocycles. The lowest BCUT2D eigenvalue weighted by molar-refractivity contribution is -0.127. The van der Waals surface area contributed by atoms with Gasteiger partial charge >= 0.3 is 0 Å². The third kappa shape index (κ3) is 4.67. The second-order valence-corrected chi connectivity index (χ2v) is 6.98. The van der Waals surface area contributed by atoms with Crippen LogP contribution in [0, 0.1) is 11.7 Å². The van der Waals surface area contributed by atoms with Gasteiger partial charge in [-0.1, -0.05) is 37.5 Å². The minimum absolute atomic E-state index is 0.0180. The van der Waals surface area contributed by atoms with E-state index in [0.29, 0.717) is 5.56 Å². The second kappa shape index (κ2) is 8.43. The lowest BCUT2D eigenvalue weighted by atomic mass is 9.89. The molecule has 1 aromatic rings. The molecule has 1 aliphatic heterocycles. The zero-order chi connectivity index (χ0) is 16.8. The van der Waals surface area contributed by atoms with Gasteiger partial charge in [0, 0.05) is 44.4 Å². The highest BCUT2D eigenvalue weighted by molar-refractivity contribution is 5.91. The van der Waals surface area contributed by atoms with Crippen LogP contribution in [0.3, 0.4) is 0 Å². The molecule has 2 aliphatic rings. The number of hydrogen-bond donors (Lipinski definition) is 0. The maximum absolute atomic E-state index is 13.6. The average molecular weight is 330 g/mol. The summed E-state index contributed by atoms with van der Waals surface area (Å²) in [5, 5.41) is 0. The van der Waals surface area contributed by atoms with Crippen molar-refractivity contribution in [3.05, 3.63) is 41.7 Å². The first-order valence-corrected chi connectivity index (χ1v) is 9.16. The van der Waals surface area contributed by atoms with Crippen molar-refractivity contribution in [3.8, 4) is 0 Å². The van der Waals surface area contributed by atoms with E-state index < -0.39 is 0 Å². The van der Waals surface area contributed by atoms with E-state index in [4.69, 9.17) is 0 Å². The quantitative estimate of drug-likeness (QED) is 0.788. The van der Waals surface area contributed by atoms with Crippen molar-refractivity contribution in [1.29, 1.82) is 0 Å². The summed E-state index contributed by atoms with van der Waals surface area (Å²) in [6.07, 6.45) is 9.96. The average Bonchev–Trinajstić information content (AvgIpc) is 2.62. The van der Waals surface area contributed by atoms with Gasteiger partial charge in [0.2, 0.25) is 5.91 Å². The van der Waals surface area contributed by atoms with Crippen molar-refractivity contribution in [2.45, 2.75) is 32.1 Å². The van der Waals surface area contributed by atoms with E-state index >= 15 is 0 Å². The highest BCUT2D eigenvalue weighted by Crippen LogP contribution is 2.24. The van der Waals surface area contributed by atoms with Crippen LogP contribution in [0.2, 0.25) is 0 Å². The Morgan fingerprint density at radius 3 is 2.50 bits per heavy atom. The molecule has 24 heavy (non-hydrogen) atoms. The van der Waals surface area contributed by atoms with Gasteiger partial charge in [-0.25, -0.2) is 4.39 Å². The fourth-order valence-corrected chi connectivity index (χ4v) is 3.76. The molecule has 0 unspecified atom stereocenters. The molecule has 0 spiro atoms. The summed E-state index contributed by atoms with van der Waals surface area (Å²) in [6.45, 7) is 4.64. The summed E-state index contributed by atoms with van der Waals surface area (Å²) in [4.78, 5) is 16.6. The zero-order valence-corrected chi connectivity index (χ0v) is 14.3. The first-order valence-electron chi connectivity index (χ1n) is 9.16. The van der Waals surface area contributed by atoms with Crippen LogP contribution in [0.15, 0.2) is 30.3 Å². The minimum Gasteiger partial charge on any atom is -0.337 e. The van der Waals surface area contributed by atoms with Crippen LogP contribution in [0.1, 0.15) is 37.7 Å². The molecule has 3 rings (SSSR count). The van der Waals surface area contributed by atoms with Gasteiger partial charge < -0.3 is 4.90 Å². The van der Waals surface area contributed by atoms with Gasteiger partial charge in [0.15, 0.2) is 0 Å². The maximum Gasteiger partial charge on any atom is 0.246 e. The molecule has 1 amide bonds. The molecular weight excluding hydrogens is 303 g/mol. The normalized spacial score (nSPS) is 20.6. The topological polar surface area (TPSA) is 23.6 Å². The molecular formula is C20H27FN2O. The van der Waals surface area contributed by atoms with Crippen molar-refractivity contribution in [1.82, 2.24) is 9.80 Å². The number of piperazine rings is 1. The Hall–Kier alpha value is -1.68. The fourth-order valence-electron chi connectivity index (χ4n) is 3.76. The van der Waals surface area contributed by atoms with E-state index in [2.05, 4.69) is 4.90 Å². The van der Waals surface area contributed by atoms with Crippen LogP contribution < -0.4 is 0 Å². The van der Waals surface area contributed by atoms with Crippen LogP contribution in [0.5, 0.6) is 0 Å². The van der Waals surface area contributed by atoms with E-state index in [1.807, 2.05) is 4.90 Å². The van der Waals surface area contributed by atoms with E-state index in [1.54, 1.807) is 24.3 Å². The maximum atomic E-state index is 13.6. The summed E-state index contributed by atoms with van der Waals surface area (Å²) in [7, 11) is 0. The molecule has 3 nitrogen and oxygen atoms in total. The van der Waals surface area contributed by atoms with Crippen LogP contribution in [-0.2, 0) is 4.79 Å². The van der Waals surface area contributed by atoms with E-state index in [9.17, 15) is 9.18 Å². The predicted octanol–water partition coefficient (Wildman–Crippen LogP) is 3.56. The smallest absolute Gasteiger partial charge is 0.246 e. The summed E-state index contributed by atoms with van der Waals surface area (Å²) in [5.74, 6) is 0.538. The highest BCUT2D eigenvalue weighted by atomic mass is 19.1. The van der Waals surface area contributed by atoms with E-state index in [1.165, 1.54) is 50.8 Å². The molecule has 0 atom stereocenters. The Labute approximate surface area is 144 Å². The largest absolute Gasteiger partial charge is 0.337 e. The van der Waals surface area contributed by atoms with Crippen molar-refractivity contribution in [2.75, 3.05) is 32.7 Å². The molecule has 0 radical (unpaired) electrons. The predicted molar refractivity (Wildman–Crippen MR) is 95.0 cm³/mol. The third-order valence-corrected chi connectivity index (χ3v) is 5.24. The Morgan fingerprint density at radius 2 is 1.79 bits per heavy atom. The van der Waals surface area contributed by atoms with Gasteiger partial charge in [-0.3, -0.25) is 9.69 Å². The van der Waals surface area contributed by atoms with Crippen LogP contribution in [0.25, 0.3) is 6.08 Å². The van der Waals surface area contributed by atoms with Gasteiger partial charge in [0.05, 0.1) is 0 Å². The van der Waals surface area contributed by atoms with E-state index in [0.717, 1.165) is 32.1 Å². The van der Waals surface area contributed by atoms with Gasteiger partial charge in [-0.15, -0.1) is 0 Å². The number of halogens is 1. The first-order chi connectivity index (χ1) is 11.7. The Bertz CT molecular complexity index is 573. The molecule has 1 aliphatic carbocycles. The van der Waals surface area contributed by atoms with Crippen LogP contribution >= 0.6 is 0 Å². The fraction of sp³-hybridized carbons (Fsp3) is 0.550. The standard InChI is InChI=1S/C20H27FN2O/c21-19-9-5-4-8-18(19)10-11-20(24)23-14-12-22(13-15-23)16-17-6-2-1-3-7-17/h4-5,8-11,17H,1-3,6-7,12-16H2. The number of benzene rings is 1. The Morgan fingerprint density at radius 1 is 1.08 bits per heavy atom. The third-order valence-electron chi connectivity index (χ3n) is 5.24. The molecule has 4 heteroatoms. The molecule has 2 fully saturated rings. The van der Waals surface area contributed by atoms with Crippen molar-refractivity contribution in [2.24, 2.45) is 5.92 Å². The van der Waals surface area contributed by atoms with Crippen molar-refractivity contribution in [3.63, 3.8) is 0 Å². The minimum atomic E-state index is -0.293. The van der Waals surface area contributed by atoms with Crippen molar-refractivity contribution < 1.29 is 9.18 Å². The summed E-state index contributed by atoms with van der Waals surface area (Å²) >= 11 is 0. The number of carbonyl (C=O) groups excluding carboxylic acids is 1. The number of hydrogen-bond acceptors (Lipinski definition) is 2. The Kier molecular flexibility index (Phi) is 6.02. The molecule has 0 N–H and O–H groups in total. The monoisotopic (exact) mass is 330 g/mol. The van der Waals surface area contributed by atoms with E-state index in [-0.39, 0.29) is 11.7 Å². The van der Waals surface area contributed by atoms with Crippen LogP contribution in [0.4, 0.5) is 4.39 Å². The lowest BCUT2D eigenvalue weighted by Gasteiger charge is -2.36. The van der Waals surface area contributed by atoms with Gasteiger partial charge in [0.25, 0.3) is 0 Å². The number of amides is 1. The van der Waals surface area contributed by atoms with Gasteiger partial charge in [-0.2, -0.15) is 0 Å². The molecule has 0 aromatic heterocycles. The molecule has 1 saturated carbocycles. The molecule has 0 bridgehead atoms. The Balaban J connectivity index is 1.45. The zero-order valence-electron chi connectivity index (χ0n) is 14.3. The number of nitrogens with zero attached hydrogens (tertiary/aromatic N) is 2. The first kappa shape index (κ1) is 17.2. The van der Waals surface area contributed by atoms with Crippen molar-refractivity contribution >= 4 is 12.0 Å².